The van der Waals surface area contributed by atoms with Gasteiger partial charge < -0.3 is 10.1 Å². The Hall–Kier alpha value is -1.02. The highest BCUT2D eigenvalue weighted by Gasteiger charge is 2.17. The minimum atomic E-state index is 0.384. The number of aryl methyl sites for hydroxylation is 1. The predicted octanol–water partition coefficient (Wildman–Crippen LogP) is 4.09. The molecule has 102 valence electrons. The number of benzene rings is 1. The molecule has 0 saturated carbocycles. The van der Waals surface area contributed by atoms with Crippen molar-refractivity contribution in [1.82, 2.24) is 5.32 Å². The highest BCUT2D eigenvalue weighted by atomic mass is 16.5. The van der Waals surface area contributed by atoms with Crippen molar-refractivity contribution in [2.45, 2.75) is 46.6 Å². The van der Waals surface area contributed by atoms with Gasteiger partial charge in [-0.2, -0.15) is 0 Å². The highest BCUT2D eigenvalue weighted by Crippen LogP contribution is 2.30. The molecule has 1 aromatic rings. The van der Waals surface area contributed by atoms with Crippen LogP contribution >= 0.6 is 0 Å². The normalized spacial score (nSPS) is 13.4. The van der Waals surface area contributed by atoms with E-state index in [9.17, 15) is 0 Å². The van der Waals surface area contributed by atoms with Gasteiger partial charge in [0.05, 0.1) is 7.11 Å². The van der Waals surface area contributed by atoms with Crippen molar-refractivity contribution in [1.29, 1.82) is 0 Å². The van der Waals surface area contributed by atoms with Crippen LogP contribution in [0.25, 0.3) is 0 Å². The SMILES string of the molecule is CNC(CCC(C)(C)C)c1ccc(OC)cc1C. The largest absolute Gasteiger partial charge is 0.497 e. The van der Waals surface area contributed by atoms with Crippen LogP contribution in [0.3, 0.4) is 0 Å². The van der Waals surface area contributed by atoms with Crippen LogP contribution in [0.2, 0.25) is 0 Å². The van der Waals surface area contributed by atoms with Gasteiger partial charge >= 0.3 is 0 Å². The minimum absolute atomic E-state index is 0.384. The molecule has 0 bridgehead atoms. The van der Waals surface area contributed by atoms with Crippen molar-refractivity contribution >= 4 is 0 Å². The molecule has 0 aliphatic rings. The summed E-state index contributed by atoms with van der Waals surface area (Å²) in [5.41, 5.74) is 3.06. The van der Waals surface area contributed by atoms with Crippen LogP contribution in [0.15, 0.2) is 18.2 Å². The highest BCUT2D eigenvalue weighted by molar-refractivity contribution is 5.36. The molecule has 0 amide bonds. The van der Waals surface area contributed by atoms with Crippen molar-refractivity contribution in [3.8, 4) is 5.75 Å². The molecule has 0 aromatic heterocycles. The maximum atomic E-state index is 5.26. The van der Waals surface area contributed by atoms with Gasteiger partial charge in [0.15, 0.2) is 0 Å². The molecule has 0 saturated heterocycles. The average Bonchev–Trinajstić information content (AvgIpc) is 2.30. The van der Waals surface area contributed by atoms with E-state index < -0.39 is 0 Å². The molecule has 0 radical (unpaired) electrons. The van der Waals surface area contributed by atoms with Crippen molar-refractivity contribution in [2.24, 2.45) is 5.41 Å². The second-order valence-electron chi connectivity index (χ2n) is 6.16. The second-order valence-corrected chi connectivity index (χ2v) is 6.16. The van der Waals surface area contributed by atoms with Gasteiger partial charge in [-0.05, 0) is 55.5 Å². The first-order valence-electron chi connectivity index (χ1n) is 6.69. The smallest absolute Gasteiger partial charge is 0.119 e. The summed E-state index contributed by atoms with van der Waals surface area (Å²) in [6.07, 6.45) is 2.37. The van der Waals surface area contributed by atoms with Gasteiger partial charge in [-0.15, -0.1) is 0 Å². The summed E-state index contributed by atoms with van der Waals surface area (Å²) in [6.45, 7) is 9.03. The summed E-state index contributed by atoms with van der Waals surface area (Å²) in [7, 11) is 3.75. The second kappa shape index (κ2) is 6.24. The van der Waals surface area contributed by atoms with Gasteiger partial charge in [-0.25, -0.2) is 0 Å². The predicted molar refractivity (Wildman–Crippen MR) is 78.2 cm³/mol. The average molecular weight is 249 g/mol. The third-order valence-corrected chi connectivity index (χ3v) is 3.38. The molecule has 0 aliphatic carbocycles. The number of ether oxygens (including phenoxy) is 1. The van der Waals surface area contributed by atoms with Crippen LogP contribution in [-0.2, 0) is 0 Å². The van der Waals surface area contributed by atoms with Gasteiger partial charge in [0.25, 0.3) is 0 Å². The first-order valence-corrected chi connectivity index (χ1v) is 6.69. The molecule has 1 unspecified atom stereocenters. The number of nitrogens with one attached hydrogen (secondary N) is 1. The summed E-state index contributed by atoms with van der Waals surface area (Å²) < 4.78 is 5.26. The molecule has 1 rings (SSSR count). The third kappa shape index (κ3) is 4.34. The monoisotopic (exact) mass is 249 g/mol. The Morgan fingerprint density at radius 2 is 1.94 bits per heavy atom. The molecule has 18 heavy (non-hydrogen) atoms. The van der Waals surface area contributed by atoms with Crippen LogP contribution in [0.5, 0.6) is 5.75 Å². The van der Waals surface area contributed by atoms with E-state index in [1.165, 1.54) is 17.5 Å². The summed E-state index contributed by atoms with van der Waals surface area (Å²) in [6, 6.07) is 6.76. The van der Waals surface area contributed by atoms with Crippen LogP contribution in [0.4, 0.5) is 0 Å². The van der Waals surface area contributed by atoms with E-state index in [1.807, 2.05) is 13.1 Å². The van der Waals surface area contributed by atoms with Gasteiger partial charge in [0, 0.05) is 6.04 Å². The summed E-state index contributed by atoms with van der Waals surface area (Å²) >= 11 is 0. The lowest BCUT2D eigenvalue weighted by Crippen LogP contribution is -2.19. The Bertz CT molecular complexity index is 379. The Labute approximate surface area is 112 Å². The lowest BCUT2D eigenvalue weighted by atomic mass is 9.86. The van der Waals surface area contributed by atoms with Crippen LogP contribution in [0.1, 0.15) is 50.8 Å². The molecule has 1 atom stereocenters. The Morgan fingerprint density at radius 3 is 2.39 bits per heavy atom. The minimum Gasteiger partial charge on any atom is -0.497 e. The quantitative estimate of drug-likeness (QED) is 0.848. The van der Waals surface area contributed by atoms with Gasteiger partial charge in [-0.3, -0.25) is 0 Å². The van der Waals surface area contributed by atoms with Crippen LogP contribution in [0, 0.1) is 12.3 Å². The maximum Gasteiger partial charge on any atom is 0.119 e. The van der Waals surface area contributed by atoms with E-state index in [4.69, 9.17) is 4.74 Å². The van der Waals surface area contributed by atoms with E-state index >= 15 is 0 Å². The lowest BCUT2D eigenvalue weighted by molar-refractivity contribution is 0.337. The van der Waals surface area contributed by atoms with Crippen molar-refractivity contribution in [3.05, 3.63) is 29.3 Å². The fourth-order valence-corrected chi connectivity index (χ4v) is 2.20. The Kier molecular flexibility index (Phi) is 5.21. The lowest BCUT2D eigenvalue weighted by Gasteiger charge is -2.24. The molecule has 0 fully saturated rings. The number of rotatable bonds is 5. The molecular weight excluding hydrogens is 222 g/mol. The van der Waals surface area contributed by atoms with Crippen LogP contribution < -0.4 is 10.1 Å². The molecule has 2 heteroatoms. The number of methoxy groups -OCH3 is 1. The van der Waals surface area contributed by atoms with Gasteiger partial charge in [0.2, 0.25) is 0 Å². The van der Waals surface area contributed by atoms with E-state index in [-0.39, 0.29) is 0 Å². The van der Waals surface area contributed by atoms with Gasteiger partial charge in [-0.1, -0.05) is 26.8 Å². The molecule has 1 aromatic carbocycles. The van der Waals surface area contributed by atoms with E-state index in [2.05, 4.69) is 45.1 Å². The summed E-state index contributed by atoms with van der Waals surface area (Å²) in [4.78, 5) is 0. The van der Waals surface area contributed by atoms with E-state index in [1.54, 1.807) is 7.11 Å². The summed E-state index contributed by atoms with van der Waals surface area (Å²) in [5.74, 6) is 0.932. The molecule has 0 spiro atoms. The number of hydrogen-bond acceptors (Lipinski definition) is 2. The first-order chi connectivity index (χ1) is 8.37. The Morgan fingerprint density at radius 1 is 1.28 bits per heavy atom. The molecular formula is C16H27NO. The molecule has 0 heterocycles. The van der Waals surface area contributed by atoms with Crippen molar-refractivity contribution in [2.75, 3.05) is 14.2 Å². The Balaban J connectivity index is 2.82. The summed E-state index contributed by atoms with van der Waals surface area (Å²) in [5, 5.41) is 3.43. The van der Waals surface area contributed by atoms with E-state index in [0.29, 0.717) is 11.5 Å². The van der Waals surface area contributed by atoms with Crippen molar-refractivity contribution in [3.63, 3.8) is 0 Å². The van der Waals surface area contributed by atoms with Gasteiger partial charge in [0.1, 0.15) is 5.75 Å². The third-order valence-electron chi connectivity index (χ3n) is 3.38. The molecule has 0 aliphatic heterocycles. The first kappa shape index (κ1) is 15.0. The topological polar surface area (TPSA) is 21.3 Å². The van der Waals surface area contributed by atoms with Crippen LogP contribution in [-0.4, -0.2) is 14.2 Å². The zero-order chi connectivity index (χ0) is 13.8. The molecule has 2 nitrogen and oxygen atoms in total. The van der Waals surface area contributed by atoms with E-state index in [0.717, 1.165) is 12.2 Å². The maximum absolute atomic E-state index is 5.26. The zero-order valence-electron chi connectivity index (χ0n) is 12.6. The van der Waals surface area contributed by atoms with Crippen molar-refractivity contribution < 1.29 is 4.74 Å². The standard InChI is InChI=1S/C16H27NO/c1-12-11-13(18-6)7-8-14(12)15(17-5)9-10-16(2,3)4/h7-8,11,15,17H,9-10H2,1-6H3. The molecule has 1 N–H and O–H groups in total. The zero-order valence-corrected chi connectivity index (χ0v) is 12.6. The number of hydrogen-bond donors (Lipinski definition) is 1. The fraction of sp³-hybridized carbons (Fsp3) is 0.625. The fourth-order valence-electron chi connectivity index (χ4n) is 2.20.